The molecule has 0 bridgehead atoms. The van der Waals surface area contributed by atoms with Crippen LogP contribution in [0.5, 0.6) is 0 Å². The van der Waals surface area contributed by atoms with Crippen molar-refractivity contribution in [3.63, 3.8) is 0 Å². The van der Waals surface area contributed by atoms with Gasteiger partial charge in [0.1, 0.15) is 0 Å². The molecule has 35 heavy (non-hydrogen) atoms. The summed E-state index contributed by atoms with van der Waals surface area (Å²) in [5, 5.41) is 0. The van der Waals surface area contributed by atoms with Gasteiger partial charge in [-0.1, -0.05) is 150 Å². The molecule has 0 rings (SSSR count). The molecule has 2 heteroatoms. The van der Waals surface area contributed by atoms with Crippen LogP contribution < -0.4 is 0 Å². The van der Waals surface area contributed by atoms with E-state index in [4.69, 9.17) is 0 Å². The topological polar surface area (TPSA) is 0 Å². The first kappa shape index (κ1) is 35.6. The molecular weight excluding hydrogens is 455 g/mol. The van der Waals surface area contributed by atoms with Crippen molar-refractivity contribution in [3.05, 3.63) is 0 Å². The minimum atomic E-state index is -0.799. The highest BCUT2D eigenvalue weighted by Crippen LogP contribution is 2.62. The molecule has 0 heterocycles. The van der Waals surface area contributed by atoms with Crippen LogP contribution in [0, 0.1) is 11.8 Å². The van der Waals surface area contributed by atoms with Crippen molar-refractivity contribution in [2.75, 3.05) is 24.6 Å². The summed E-state index contributed by atoms with van der Waals surface area (Å²) in [6.45, 7) is 19.8. The van der Waals surface area contributed by atoms with E-state index in [2.05, 4.69) is 54.3 Å². The number of rotatable bonds is 26. The van der Waals surface area contributed by atoms with Crippen LogP contribution in [0.25, 0.3) is 0 Å². The Labute approximate surface area is 227 Å². The zero-order valence-corrected chi connectivity index (χ0v) is 28.3. The van der Waals surface area contributed by atoms with E-state index in [9.17, 15) is 0 Å². The fraction of sp³-hybridized carbons (Fsp3) is 1.00. The highest BCUT2D eigenvalue weighted by Gasteiger charge is 2.37. The molecule has 0 aliphatic heterocycles. The summed E-state index contributed by atoms with van der Waals surface area (Å²) in [4.78, 5) is 0. The number of hydrogen-bond acceptors (Lipinski definition) is 0. The monoisotopic (exact) mass is 528 g/mol. The maximum atomic E-state index is 2.52. The van der Waals surface area contributed by atoms with Crippen LogP contribution in [0.2, 0.25) is 25.7 Å². The molecule has 0 radical (unpaired) electrons. The number of unbranched alkanes of at least 4 members (excludes halogenated alkanes) is 16. The Morgan fingerprint density at radius 3 is 1.09 bits per heavy atom. The largest absolute Gasteiger partial charge is 0.0695 e. The molecule has 0 saturated carbocycles. The predicted molar refractivity (Wildman–Crippen MR) is 173 cm³/mol. The Bertz CT molecular complexity index is 427. The van der Waals surface area contributed by atoms with Gasteiger partial charge in [-0.2, -0.15) is 0 Å². The smallest absolute Gasteiger partial charge is 0.0617 e. The molecule has 0 aromatic rings. The first-order valence-electron chi connectivity index (χ1n) is 16.5. The lowest BCUT2D eigenvalue weighted by molar-refractivity contribution is 0.561. The molecule has 0 N–H and O–H groups in total. The lowest BCUT2D eigenvalue weighted by atomic mass is 10.1. The lowest BCUT2D eigenvalue weighted by Crippen LogP contribution is -2.18. The molecule has 0 aliphatic rings. The van der Waals surface area contributed by atoms with Gasteiger partial charge < -0.3 is 0 Å². The molecule has 212 valence electrons. The Kier molecular flexibility index (Phi) is 23.0. The summed E-state index contributed by atoms with van der Waals surface area (Å²) in [5.74, 6) is 1.78. The molecule has 0 aromatic heterocycles. The summed E-state index contributed by atoms with van der Waals surface area (Å²) in [7, 11) is -1.56. The van der Waals surface area contributed by atoms with E-state index in [0.29, 0.717) is 0 Å². The van der Waals surface area contributed by atoms with Gasteiger partial charge in [0.25, 0.3) is 0 Å². The normalized spacial score (nSPS) is 12.9. The molecule has 0 fully saturated rings. The van der Waals surface area contributed by atoms with Crippen molar-refractivity contribution in [1.82, 2.24) is 0 Å². The standard InChI is InChI=1S/C33H72PSi/c1-9-10-11-12-13-18-21-24-27-34(30-32(2)3,31-33(4)5)28-25-22-19-16-14-15-17-20-23-26-29-35(6,7)8/h32-33H,9-31H2,1-8H3/q+1. The van der Waals surface area contributed by atoms with Crippen molar-refractivity contribution < 1.29 is 0 Å². The van der Waals surface area contributed by atoms with Gasteiger partial charge in [-0.25, -0.2) is 0 Å². The van der Waals surface area contributed by atoms with Gasteiger partial charge in [0.2, 0.25) is 0 Å². The van der Waals surface area contributed by atoms with Gasteiger partial charge in [0.15, 0.2) is 0 Å². The van der Waals surface area contributed by atoms with Gasteiger partial charge in [0, 0.05) is 15.3 Å². The third-order valence-electron chi connectivity index (χ3n) is 7.80. The Morgan fingerprint density at radius 2 is 0.771 bits per heavy atom. The fourth-order valence-electron chi connectivity index (χ4n) is 6.20. The third kappa shape index (κ3) is 24.7. The van der Waals surface area contributed by atoms with Crippen LogP contribution in [0.1, 0.15) is 150 Å². The summed E-state index contributed by atoms with van der Waals surface area (Å²) >= 11 is 0. The lowest BCUT2D eigenvalue weighted by Gasteiger charge is -2.31. The van der Waals surface area contributed by atoms with E-state index in [1.54, 1.807) is 24.6 Å². The van der Waals surface area contributed by atoms with Gasteiger partial charge in [-0.3, -0.25) is 0 Å². The van der Waals surface area contributed by atoms with Crippen LogP contribution in [-0.4, -0.2) is 32.7 Å². The van der Waals surface area contributed by atoms with Crippen LogP contribution in [0.15, 0.2) is 0 Å². The van der Waals surface area contributed by atoms with Crippen LogP contribution >= 0.6 is 7.26 Å². The van der Waals surface area contributed by atoms with E-state index in [-0.39, 0.29) is 0 Å². The van der Waals surface area contributed by atoms with Crippen molar-refractivity contribution in [3.8, 4) is 0 Å². The van der Waals surface area contributed by atoms with E-state index >= 15 is 0 Å². The second-order valence-electron chi connectivity index (χ2n) is 14.3. The Balaban J connectivity index is 4.15. The summed E-state index contributed by atoms with van der Waals surface area (Å²) < 4.78 is 0. The van der Waals surface area contributed by atoms with Crippen LogP contribution in [-0.2, 0) is 0 Å². The van der Waals surface area contributed by atoms with E-state index in [0.717, 1.165) is 11.8 Å². The first-order chi connectivity index (χ1) is 16.6. The van der Waals surface area contributed by atoms with E-state index in [1.807, 2.05) is 0 Å². The predicted octanol–water partition coefficient (Wildman–Crippen LogP) is 12.7. The van der Waals surface area contributed by atoms with Gasteiger partial charge in [-0.15, -0.1) is 0 Å². The second kappa shape index (κ2) is 22.6. The maximum Gasteiger partial charge on any atom is 0.0617 e. The average Bonchev–Trinajstić information content (AvgIpc) is 2.74. The Morgan fingerprint density at radius 1 is 0.457 bits per heavy atom. The van der Waals surface area contributed by atoms with Crippen LogP contribution in [0.4, 0.5) is 0 Å². The molecule has 0 saturated heterocycles. The zero-order valence-electron chi connectivity index (χ0n) is 26.4. The van der Waals surface area contributed by atoms with E-state index in [1.165, 1.54) is 122 Å². The molecule has 0 aromatic carbocycles. The molecule has 0 unspecified atom stereocenters. The molecule has 0 nitrogen and oxygen atoms in total. The molecule has 0 spiro atoms. The molecular formula is C33H72PSi+. The average molecular weight is 528 g/mol. The second-order valence-corrected chi connectivity index (χ2v) is 24.2. The van der Waals surface area contributed by atoms with Crippen LogP contribution in [0.3, 0.4) is 0 Å². The minimum absolute atomic E-state index is 0.761. The van der Waals surface area contributed by atoms with Gasteiger partial charge >= 0.3 is 0 Å². The van der Waals surface area contributed by atoms with Crippen molar-refractivity contribution in [2.45, 2.75) is 176 Å². The van der Waals surface area contributed by atoms with Crippen molar-refractivity contribution in [1.29, 1.82) is 0 Å². The van der Waals surface area contributed by atoms with Gasteiger partial charge in [-0.05, 0) is 37.5 Å². The molecule has 0 atom stereocenters. The third-order valence-corrected chi connectivity index (χ3v) is 15.2. The molecule has 0 amide bonds. The SMILES string of the molecule is CCCCCCCCCC[P+](CCCCCCCCCCCC[Si](C)(C)C)(CC(C)C)CC(C)C. The summed E-state index contributed by atoms with van der Waals surface area (Å²) in [6.07, 6.45) is 33.1. The highest BCUT2D eigenvalue weighted by molar-refractivity contribution is 7.75. The first-order valence-corrected chi connectivity index (χ1v) is 22.7. The van der Waals surface area contributed by atoms with Crippen molar-refractivity contribution in [2.24, 2.45) is 11.8 Å². The summed E-state index contributed by atoms with van der Waals surface area (Å²) in [6, 6.07) is 1.53. The summed E-state index contributed by atoms with van der Waals surface area (Å²) in [5.41, 5.74) is 0. The number of hydrogen-bond donors (Lipinski definition) is 0. The van der Waals surface area contributed by atoms with Gasteiger partial charge in [0.05, 0.1) is 24.6 Å². The van der Waals surface area contributed by atoms with Crippen molar-refractivity contribution >= 4 is 15.3 Å². The quantitative estimate of drug-likeness (QED) is 0.0596. The minimum Gasteiger partial charge on any atom is -0.0695 e. The fourth-order valence-corrected chi connectivity index (χ4v) is 13.5. The van der Waals surface area contributed by atoms with E-state index < -0.39 is 15.3 Å². The maximum absolute atomic E-state index is 2.52. The highest BCUT2D eigenvalue weighted by atomic mass is 31.2. The molecule has 0 aliphatic carbocycles. The zero-order chi connectivity index (χ0) is 26.4. The Hall–Kier alpha value is 0.647.